The summed E-state index contributed by atoms with van der Waals surface area (Å²) in [7, 11) is 0. The lowest BCUT2D eigenvalue weighted by atomic mass is 10.2. The summed E-state index contributed by atoms with van der Waals surface area (Å²) in [5, 5.41) is 2.71. The van der Waals surface area contributed by atoms with Gasteiger partial charge < -0.3 is 11.1 Å². The molecule has 5 heteroatoms. The Balaban J connectivity index is 1.71. The van der Waals surface area contributed by atoms with Crippen LogP contribution in [0.3, 0.4) is 0 Å². The zero-order valence-electron chi connectivity index (χ0n) is 11.5. The second kappa shape index (κ2) is 7.69. The van der Waals surface area contributed by atoms with Gasteiger partial charge in [0.15, 0.2) is 0 Å². The Bertz CT molecular complexity index is 604. The molecule has 0 radical (unpaired) electrons. The SMILES string of the molecule is Nc1cc(NC(=O)CCSCc2ccccc2)ccc1F. The highest BCUT2D eigenvalue weighted by molar-refractivity contribution is 7.98. The minimum Gasteiger partial charge on any atom is -0.396 e. The van der Waals surface area contributed by atoms with E-state index in [2.05, 4.69) is 17.4 Å². The molecule has 2 aromatic rings. The minimum absolute atomic E-state index is 0.0336. The van der Waals surface area contributed by atoms with Crippen LogP contribution in [-0.4, -0.2) is 11.7 Å². The normalized spacial score (nSPS) is 10.3. The lowest BCUT2D eigenvalue weighted by Crippen LogP contribution is -2.12. The van der Waals surface area contributed by atoms with Gasteiger partial charge in [-0.25, -0.2) is 4.39 Å². The first-order chi connectivity index (χ1) is 10.1. The molecule has 0 bridgehead atoms. The summed E-state index contributed by atoms with van der Waals surface area (Å²) < 4.78 is 13.0. The van der Waals surface area contributed by atoms with Gasteiger partial charge >= 0.3 is 0 Å². The van der Waals surface area contributed by atoms with Crippen LogP contribution in [0.4, 0.5) is 15.8 Å². The zero-order valence-corrected chi connectivity index (χ0v) is 12.3. The molecule has 0 fully saturated rings. The number of rotatable bonds is 6. The van der Waals surface area contributed by atoms with E-state index in [-0.39, 0.29) is 11.6 Å². The molecule has 0 saturated heterocycles. The van der Waals surface area contributed by atoms with Gasteiger partial charge in [-0.1, -0.05) is 30.3 Å². The first-order valence-electron chi connectivity index (χ1n) is 6.61. The molecule has 0 heterocycles. The van der Waals surface area contributed by atoms with Crippen LogP contribution >= 0.6 is 11.8 Å². The Morgan fingerprint density at radius 1 is 1.19 bits per heavy atom. The maximum absolute atomic E-state index is 13.0. The minimum atomic E-state index is -0.480. The van der Waals surface area contributed by atoms with Crippen molar-refractivity contribution in [2.75, 3.05) is 16.8 Å². The third-order valence-corrected chi connectivity index (χ3v) is 3.90. The molecule has 0 aliphatic heterocycles. The van der Waals surface area contributed by atoms with Crippen molar-refractivity contribution in [2.24, 2.45) is 0 Å². The van der Waals surface area contributed by atoms with Crippen molar-refractivity contribution in [3.05, 3.63) is 59.9 Å². The number of benzene rings is 2. The van der Waals surface area contributed by atoms with Gasteiger partial charge in [-0.3, -0.25) is 4.79 Å². The van der Waals surface area contributed by atoms with E-state index < -0.39 is 5.82 Å². The van der Waals surface area contributed by atoms with Crippen molar-refractivity contribution in [3.63, 3.8) is 0 Å². The number of hydrogen-bond acceptors (Lipinski definition) is 3. The van der Waals surface area contributed by atoms with Crippen LogP contribution in [-0.2, 0) is 10.5 Å². The van der Waals surface area contributed by atoms with Crippen LogP contribution in [0.15, 0.2) is 48.5 Å². The van der Waals surface area contributed by atoms with E-state index >= 15 is 0 Å². The fraction of sp³-hybridized carbons (Fsp3) is 0.188. The summed E-state index contributed by atoms with van der Waals surface area (Å²) in [4.78, 5) is 11.8. The fourth-order valence-electron chi connectivity index (χ4n) is 1.77. The average molecular weight is 304 g/mol. The predicted molar refractivity (Wildman–Crippen MR) is 86.7 cm³/mol. The number of halogens is 1. The Morgan fingerprint density at radius 2 is 1.95 bits per heavy atom. The second-order valence-corrected chi connectivity index (χ2v) is 5.68. The molecule has 1 amide bonds. The molecule has 0 spiro atoms. The fourth-order valence-corrected chi connectivity index (χ4v) is 2.68. The van der Waals surface area contributed by atoms with Gasteiger partial charge in [0, 0.05) is 23.6 Å². The van der Waals surface area contributed by atoms with E-state index in [0.29, 0.717) is 12.1 Å². The van der Waals surface area contributed by atoms with Crippen molar-refractivity contribution in [1.82, 2.24) is 0 Å². The standard InChI is InChI=1S/C16H17FN2OS/c17-14-7-6-13(10-15(14)18)19-16(20)8-9-21-11-12-4-2-1-3-5-12/h1-7,10H,8-9,11,18H2,(H,19,20). The summed E-state index contributed by atoms with van der Waals surface area (Å²) in [6.07, 6.45) is 0.411. The molecular weight excluding hydrogens is 287 g/mol. The summed E-state index contributed by atoms with van der Waals surface area (Å²) in [5.74, 6) is 1.04. The molecule has 2 aromatic carbocycles. The van der Waals surface area contributed by atoms with Crippen LogP contribution in [0.1, 0.15) is 12.0 Å². The number of amides is 1. The first kappa shape index (κ1) is 15.4. The highest BCUT2D eigenvalue weighted by atomic mass is 32.2. The van der Waals surface area contributed by atoms with Gasteiger partial charge in [0.2, 0.25) is 5.91 Å². The molecule has 2 rings (SSSR count). The van der Waals surface area contributed by atoms with E-state index in [1.54, 1.807) is 11.8 Å². The van der Waals surface area contributed by atoms with E-state index in [1.807, 2.05) is 18.2 Å². The van der Waals surface area contributed by atoms with Gasteiger partial charge in [0.1, 0.15) is 5.82 Å². The second-order valence-electron chi connectivity index (χ2n) is 4.57. The highest BCUT2D eigenvalue weighted by Gasteiger charge is 2.05. The Hall–Kier alpha value is -2.01. The quantitative estimate of drug-likeness (QED) is 0.632. The Labute approximate surface area is 127 Å². The number of nitrogens with two attached hydrogens (primary N) is 1. The average Bonchev–Trinajstić information content (AvgIpc) is 2.49. The largest absolute Gasteiger partial charge is 0.396 e. The monoisotopic (exact) mass is 304 g/mol. The molecule has 0 aromatic heterocycles. The van der Waals surface area contributed by atoms with E-state index in [1.165, 1.54) is 23.8 Å². The Kier molecular flexibility index (Phi) is 5.63. The number of nitrogens with one attached hydrogen (secondary N) is 1. The van der Waals surface area contributed by atoms with E-state index in [9.17, 15) is 9.18 Å². The molecule has 21 heavy (non-hydrogen) atoms. The first-order valence-corrected chi connectivity index (χ1v) is 7.77. The number of carbonyl (C=O) groups excluding carboxylic acids is 1. The molecule has 0 aliphatic rings. The Morgan fingerprint density at radius 3 is 2.67 bits per heavy atom. The van der Waals surface area contributed by atoms with Gasteiger partial charge in [-0.2, -0.15) is 11.8 Å². The lowest BCUT2D eigenvalue weighted by Gasteiger charge is -2.06. The summed E-state index contributed by atoms with van der Waals surface area (Å²) in [6.45, 7) is 0. The number of nitrogen functional groups attached to an aromatic ring is 1. The molecule has 0 aliphatic carbocycles. The number of hydrogen-bond donors (Lipinski definition) is 2. The molecule has 3 nitrogen and oxygen atoms in total. The van der Waals surface area contributed by atoms with Crippen LogP contribution in [0.2, 0.25) is 0 Å². The molecule has 0 atom stereocenters. The number of thioether (sulfide) groups is 1. The maximum Gasteiger partial charge on any atom is 0.225 e. The van der Waals surface area contributed by atoms with Crippen molar-refractivity contribution in [2.45, 2.75) is 12.2 Å². The van der Waals surface area contributed by atoms with Gasteiger partial charge in [0.25, 0.3) is 0 Å². The van der Waals surface area contributed by atoms with Crippen molar-refractivity contribution in [1.29, 1.82) is 0 Å². The van der Waals surface area contributed by atoms with Crippen molar-refractivity contribution >= 4 is 29.0 Å². The van der Waals surface area contributed by atoms with E-state index in [4.69, 9.17) is 5.73 Å². The third kappa shape index (κ3) is 5.11. The summed E-state index contributed by atoms with van der Waals surface area (Å²) in [6, 6.07) is 14.3. The molecule has 0 saturated carbocycles. The van der Waals surface area contributed by atoms with Crippen molar-refractivity contribution in [3.8, 4) is 0 Å². The van der Waals surface area contributed by atoms with Crippen LogP contribution in [0.5, 0.6) is 0 Å². The molecule has 110 valence electrons. The molecular formula is C16H17FN2OS. The summed E-state index contributed by atoms with van der Waals surface area (Å²) >= 11 is 1.71. The van der Waals surface area contributed by atoms with Gasteiger partial charge in [-0.05, 0) is 23.8 Å². The topological polar surface area (TPSA) is 55.1 Å². The zero-order chi connectivity index (χ0) is 15.1. The van der Waals surface area contributed by atoms with E-state index in [0.717, 1.165) is 11.5 Å². The van der Waals surface area contributed by atoms with Crippen LogP contribution < -0.4 is 11.1 Å². The summed E-state index contributed by atoms with van der Waals surface area (Å²) in [5.41, 5.74) is 7.25. The van der Waals surface area contributed by atoms with Crippen LogP contribution in [0.25, 0.3) is 0 Å². The smallest absolute Gasteiger partial charge is 0.225 e. The van der Waals surface area contributed by atoms with Gasteiger partial charge in [-0.15, -0.1) is 0 Å². The lowest BCUT2D eigenvalue weighted by molar-refractivity contribution is -0.115. The molecule has 0 unspecified atom stereocenters. The predicted octanol–water partition coefficient (Wildman–Crippen LogP) is 3.67. The number of anilines is 2. The number of carbonyl (C=O) groups is 1. The van der Waals surface area contributed by atoms with Crippen molar-refractivity contribution < 1.29 is 9.18 Å². The van der Waals surface area contributed by atoms with Crippen LogP contribution in [0, 0.1) is 5.82 Å². The highest BCUT2D eigenvalue weighted by Crippen LogP contribution is 2.17. The molecule has 3 N–H and O–H groups in total. The third-order valence-electron chi connectivity index (χ3n) is 2.86. The maximum atomic E-state index is 13.0. The van der Waals surface area contributed by atoms with Gasteiger partial charge in [0.05, 0.1) is 5.69 Å².